The molecule has 0 saturated heterocycles. The first kappa shape index (κ1) is 18.5. The summed E-state index contributed by atoms with van der Waals surface area (Å²) in [5, 5.41) is 6.81. The van der Waals surface area contributed by atoms with E-state index >= 15 is 0 Å². The molecular formula is C18H14BrFN2O3S. The lowest BCUT2D eigenvalue weighted by Crippen LogP contribution is -2.22. The van der Waals surface area contributed by atoms with Crippen LogP contribution in [0.3, 0.4) is 0 Å². The zero-order valence-electron chi connectivity index (χ0n) is 13.4. The molecule has 0 bridgehead atoms. The van der Waals surface area contributed by atoms with Crippen LogP contribution in [0.25, 0.3) is 0 Å². The average molecular weight is 437 g/mol. The monoisotopic (exact) mass is 436 g/mol. The van der Waals surface area contributed by atoms with Gasteiger partial charge in [-0.25, -0.2) is 4.39 Å². The molecule has 26 heavy (non-hydrogen) atoms. The van der Waals surface area contributed by atoms with E-state index in [0.29, 0.717) is 16.8 Å². The van der Waals surface area contributed by atoms with E-state index in [-0.39, 0.29) is 17.0 Å². The maximum atomic E-state index is 13.9. The highest BCUT2D eigenvalue weighted by molar-refractivity contribution is 9.10. The lowest BCUT2D eigenvalue weighted by Gasteiger charge is -2.16. The summed E-state index contributed by atoms with van der Waals surface area (Å²) in [6.45, 7) is 0.453. The summed E-state index contributed by atoms with van der Waals surface area (Å²) in [6.07, 6.45) is 0. The zero-order chi connectivity index (χ0) is 18.5. The summed E-state index contributed by atoms with van der Waals surface area (Å²) in [5.41, 5.74) is 0.578. The molecule has 2 aromatic carbocycles. The molecule has 0 spiro atoms. The van der Waals surface area contributed by atoms with Gasteiger partial charge in [0.1, 0.15) is 5.82 Å². The van der Waals surface area contributed by atoms with Gasteiger partial charge in [-0.15, -0.1) is 11.8 Å². The maximum Gasteiger partial charge on any atom is 0.291 e. The molecule has 0 unspecified atom stereocenters. The lowest BCUT2D eigenvalue weighted by molar-refractivity contribution is -0.116. The number of benzene rings is 2. The predicted molar refractivity (Wildman–Crippen MR) is 104 cm³/mol. The molecule has 0 aromatic heterocycles. The summed E-state index contributed by atoms with van der Waals surface area (Å²) >= 11 is 4.65. The SMILES string of the molecule is O=C(Nc1ccccc1C(=O)Nc1ccc(Br)cc1F)C1=CSCCO1. The largest absolute Gasteiger partial charge is 0.487 e. The van der Waals surface area contributed by atoms with Crippen molar-refractivity contribution in [3.8, 4) is 0 Å². The number of thioether (sulfide) groups is 1. The van der Waals surface area contributed by atoms with Gasteiger partial charge in [0.25, 0.3) is 11.8 Å². The molecule has 2 N–H and O–H groups in total. The highest BCUT2D eigenvalue weighted by Gasteiger charge is 2.18. The van der Waals surface area contributed by atoms with Crippen molar-refractivity contribution < 1.29 is 18.7 Å². The first-order valence-electron chi connectivity index (χ1n) is 7.66. The number of hydrogen-bond donors (Lipinski definition) is 2. The molecule has 2 aromatic rings. The van der Waals surface area contributed by atoms with Crippen molar-refractivity contribution >= 4 is 50.9 Å². The van der Waals surface area contributed by atoms with Crippen LogP contribution in [0.4, 0.5) is 15.8 Å². The molecule has 0 fully saturated rings. The summed E-state index contributed by atoms with van der Waals surface area (Å²) in [5.74, 6) is -0.543. The fraction of sp³-hybridized carbons (Fsp3) is 0.111. The van der Waals surface area contributed by atoms with E-state index < -0.39 is 17.6 Å². The average Bonchev–Trinajstić information content (AvgIpc) is 2.65. The summed E-state index contributed by atoms with van der Waals surface area (Å²) in [6, 6.07) is 10.8. The van der Waals surface area contributed by atoms with Gasteiger partial charge < -0.3 is 15.4 Å². The summed E-state index contributed by atoms with van der Waals surface area (Å²) in [4.78, 5) is 24.8. The Morgan fingerprint density at radius 3 is 2.58 bits per heavy atom. The molecule has 0 atom stereocenters. The first-order chi connectivity index (χ1) is 12.5. The Labute approximate surface area is 162 Å². The topological polar surface area (TPSA) is 67.4 Å². The van der Waals surface area contributed by atoms with Crippen LogP contribution in [0.15, 0.2) is 58.1 Å². The number of rotatable bonds is 4. The Balaban J connectivity index is 1.78. The van der Waals surface area contributed by atoms with Crippen LogP contribution >= 0.6 is 27.7 Å². The Bertz CT molecular complexity index is 888. The smallest absolute Gasteiger partial charge is 0.291 e. The minimum atomic E-state index is -0.563. The first-order valence-corrected chi connectivity index (χ1v) is 9.50. The molecule has 2 amide bonds. The number of hydrogen-bond acceptors (Lipinski definition) is 4. The number of anilines is 2. The third-order valence-electron chi connectivity index (χ3n) is 3.47. The maximum absolute atomic E-state index is 13.9. The lowest BCUT2D eigenvalue weighted by atomic mass is 10.1. The fourth-order valence-corrected chi connectivity index (χ4v) is 3.20. The second-order valence-electron chi connectivity index (χ2n) is 5.28. The van der Waals surface area contributed by atoms with Crippen molar-refractivity contribution in [1.29, 1.82) is 0 Å². The highest BCUT2D eigenvalue weighted by Crippen LogP contribution is 2.23. The van der Waals surface area contributed by atoms with Gasteiger partial charge in [0, 0.05) is 15.6 Å². The number of carbonyl (C=O) groups is 2. The van der Waals surface area contributed by atoms with E-state index in [4.69, 9.17) is 4.74 Å². The highest BCUT2D eigenvalue weighted by atomic mass is 79.9. The van der Waals surface area contributed by atoms with Gasteiger partial charge in [-0.2, -0.15) is 0 Å². The van der Waals surface area contributed by atoms with Crippen molar-refractivity contribution in [2.45, 2.75) is 0 Å². The predicted octanol–water partition coefficient (Wildman–Crippen LogP) is 4.38. The minimum Gasteiger partial charge on any atom is -0.487 e. The molecule has 134 valence electrons. The van der Waals surface area contributed by atoms with Gasteiger partial charge in [0.2, 0.25) is 0 Å². The van der Waals surface area contributed by atoms with Crippen LogP contribution in [0.1, 0.15) is 10.4 Å². The minimum absolute atomic E-state index is 0.0500. The van der Waals surface area contributed by atoms with Crippen molar-refractivity contribution in [2.24, 2.45) is 0 Å². The van der Waals surface area contributed by atoms with Gasteiger partial charge >= 0.3 is 0 Å². The zero-order valence-corrected chi connectivity index (χ0v) is 15.8. The Morgan fingerprint density at radius 2 is 1.85 bits per heavy atom. The summed E-state index contributed by atoms with van der Waals surface area (Å²) in [7, 11) is 0. The molecule has 3 rings (SSSR count). The van der Waals surface area contributed by atoms with Gasteiger partial charge in [-0.3, -0.25) is 9.59 Å². The van der Waals surface area contributed by atoms with Crippen LogP contribution in [-0.2, 0) is 9.53 Å². The third kappa shape index (κ3) is 4.44. The number of amides is 2. The second kappa shape index (κ2) is 8.37. The molecule has 1 aliphatic heterocycles. The fourth-order valence-electron chi connectivity index (χ4n) is 2.24. The van der Waals surface area contributed by atoms with E-state index in [1.54, 1.807) is 35.7 Å². The molecule has 1 heterocycles. The van der Waals surface area contributed by atoms with Gasteiger partial charge in [-0.05, 0) is 30.3 Å². The molecule has 1 aliphatic rings. The van der Waals surface area contributed by atoms with Gasteiger partial charge in [0.05, 0.1) is 23.5 Å². The molecule has 5 nitrogen and oxygen atoms in total. The van der Waals surface area contributed by atoms with E-state index in [9.17, 15) is 14.0 Å². The van der Waals surface area contributed by atoms with Crippen LogP contribution in [0.5, 0.6) is 0 Å². The van der Waals surface area contributed by atoms with Crippen LogP contribution in [0, 0.1) is 5.82 Å². The van der Waals surface area contributed by atoms with Crippen molar-refractivity contribution in [3.63, 3.8) is 0 Å². The van der Waals surface area contributed by atoms with Gasteiger partial charge in [0.15, 0.2) is 5.76 Å². The van der Waals surface area contributed by atoms with Crippen molar-refractivity contribution in [1.82, 2.24) is 0 Å². The standard InChI is InChI=1S/C18H14BrFN2O3S/c19-11-5-6-15(13(20)9-11)22-17(23)12-3-1-2-4-14(12)21-18(24)16-10-26-8-7-25-16/h1-6,9-10H,7-8H2,(H,21,24)(H,22,23). The normalized spacial score (nSPS) is 13.4. The Morgan fingerprint density at radius 1 is 1.08 bits per heavy atom. The van der Waals surface area contributed by atoms with E-state index in [1.165, 1.54) is 23.9 Å². The Kier molecular flexibility index (Phi) is 5.95. The van der Waals surface area contributed by atoms with Crippen molar-refractivity contribution in [3.05, 3.63) is 69.5 Å². The molecule has 8 heteroatoms. The van der Waals surface area contributed by atoms with Gasteiger partial charge in [-0.1, -0.05) is 28.1 Å². The Hall–Kier alpha value is -2.32. The number of para-hydroxylation sites is 1. The molecule has 0 saturated carbocycles. The number of ether oxygens (including phenoxy) is 1. The molecule has 0 aliphatic carbocycles. The number of halogens is 2. The second-order valence-corrected chi connectivity index (χ2v) is 7.17. The quantitative estimate of drug-likeness (QED) is 0.745. The number of nitrogens with one attached hydrogen (secondary N) is 2. The summed E-state index contributed by atoms with van der Waals surface area (Å²) < 4.78 is 19.8. The van der Waals surface area contributed by atoms with E-state index in [0.717, 1.165) is 5.75 Å². The van der Waals surface area contributed by atoms with E-state index in [1.807, 2.05) is 0 Å². The molecular weight excluding hydrogens is 423 g/mol. The molecule has 0 radical (unpaired) electrons. The van der Waals surface area contributed by atoms with Crippen LogP contribution in [-0.4, -0.2) is 24.2 Å². The van der Waals surface area contributed by atoms with Crippen molar-refractivity contribution in [2.75, 3.05) is 23.0 Å². The van der Waals surface area contributed by atoms with Crippen LogP contribution < -0.4 is 10.6 Å². The number of carbonyl (C=O) groups excluding carboxylic acids is 2. The van der Waals surface area contributed by atoms with Crippen LogP contribution in [0.2, 0.25) is 0 Å². The van der Waals surface area contributed by atoms with E-state index in [2.05, 4.69) is 26.6 Å². The third-order valence-corrected chi connectivity index (χ3v) is 4.75.